The van der Waals surface area contributed by atoms with Crippen LogP contribution in [0.2, 0.25) is 0 Å². The van der Waals surface area contributed by atoms with Crippen LogP contribution in [0.15, 0.2) is 90.5 Å². The lowest BCUT2D eigenvalue weighted by Gasteiger charge is -2.25. The van der Waals surface area contributed by atoms with Crippen LogP contribution in [-0.2, 0) is 9.59 Å². The summed E-state index contributed by atoms with van der Waals surface area (Å²) in [6.07, 6.45) is 0. The smallest absolute Gasteiger partial charge is 0.300 e. The van der Waals surface area contributed by atoms with Crippen LogP contribution in [0.25, 0.3) is 5.76 Å². The van der Waals surface area contributed by atoms with E-state index in [1.807, 2.05) is 36.4 Å². The average molecular weight is 385 g/mol. The minimum Gasteiger partial charge on any atom is -0.507 e. The monoisotopic (exact) mass is 385 g/mol. The summed E-state index contributed by atoms with van der Waals surface area (Å²) in [6, 6.07) is 24.2. The fourth-order valence-electron chi connectivity index (χ4n) is 3.56. The van der Waals surface area contributed by atoms with Gasteiger partial charge in [0, 0.05) is 17.3 Å². The van der Waals surface area contributed by atoms with Crippen LogP contribution < -0.4 is 9.64 Å². The molecule has 1 N–H and O–H groups in total. The Kier molecular flexibility index (Phi) is 4.87. The van der Waals surface area contributed by atoms with Crippen LogP contribution in [0.1, 0.15) is 17.2 Å². The summed E-state index contributed by atoms with van der Waals surface area (Å²) in [5, 5.41) is 11.0. The van der Waals surface area contributed by atoms with Gasteiger partial charge in [0.05, 0.1) is 18.7 Å². The molecule has 144 valence electrons. The van der Waals surface area contributed by atoms with Gasteiger partial charge < -0.3 is 9.84 Å². The molecule has 0 bridgehead atoms. The molecule has 0 radical (unpaired) electrons. The molecule has 3 aromatic carbocycles. The normalized spacial score (nSPS) is 18.1. The first-order chi connectivity index (χ1) is 14.1. The van der Waals surface area contributed by atoms with E-state index < -0.39 is 17.7 Å². The first kappa shape index (κ1) is 18.5. The van der Waals surface area contributed by atoms with Crippen molar-refractivity contribution in [2.24, 2.45) is 0 Å². The van der Waals surface area contributed by atoms with Crippen molar-refractivity contribution in [3.05, 3.63) is 102 Å². The molecule has 1 saturated heterocycles. The van der Waals surface area contributed by atoms with Crippen LogP contribution in [0, 0.1) is 0 Å². The predicted molar refractivity (Wildman–Crippen MR) is 111 cm³/mol. The summed E-state index contributed by atoms with van der Waals surface area (Å²) < 4.78 is 5.28. The second-order valence-electron chi connectivity index (χ2n) is 6.65. The SMILES string of the molecule is COc1cccc(N2C(=O)C(=O)C(=C(O)c3ccccc3)[C@H]2c2ccccc2)c1. The van der Waals surface area contributed by atoms with Gasteiger partial charge in [-0.3, -0.25) is 14.5 Å². The first-order valence-corrected chi connectivity index (χ1v) is 9.17. The van der Waals surface area contributed by atoms with Crippen LogP contribution in [0.3, 0.4) is 0 Å². The summed E-state index contributed by atoms with van der Waals surface area (Å²) in [5.74, 6) is -1.03. The van der Waals surface area contributed by atoms with Gasteiger partial charge >= 0.3 is 0 Å². The molecule has 1 fully saturated rings. The predicted octanol–water partition coefficient (Wildman–Crippen LogP) is 4.32. The molecule has 5 heteroatoms. The van der Waals surface area contributed by atoms with E-state index in [1.54, 1.807) is 48.5 Å². The number of benzene rings is 3. The Morgan fingerprint density at radius 3 is 2.21 bits per heavy atom. The van der Waals surface area contributed by atoms with Gasteiger partial charge in [0.1, 0.15) is 11.5 Å². The maximum atomic E-state index is 13.0. The fourth-order valence-corrected chi connectivity index (χ4v) is 3.56. The van der Waals surface area contributed by atoms with Gasteiger partial charge in [-0.1, -0.05) is 66.7 Å². The van der Waals surface area contributed by atoms with Crippen LogP contribution >= 0.6 is 0 Å². The van der Waals surface area contributed by atoms with Gasteiger partial charge in [-0.25, -0.2) is 0 Å². The first-order valence-electron chi connectivity index (χ1n) is 9.17. The molecule has 1 amide bonds. The van der Waals surface area contributed by atoms with Gasteiger partial charge in [-0.05, 0) is 17.7 Å². The number of rotatable bonds is 4. The minimum absolute atomic E-state index is 0.0650. The molecule has 0 spiro atoms. The lowest BCUT2D eigenvalue weighted by molar-refractivity contribution is -0.132. The zero-order chi connectivity index (χ0) is 20.4. The molecule has 3 aromatic rings. The molecule has 0 aromatic heterocycles. The summed E-state index contributed by atoms with van der Waals surface area (Å²) in [5.41, 5.74) is 1.80. The number of hydrogen-bond donors (Lipinski definition) is 1. The van der Waals surface area contributed by atoms with Crippen molar-refractivity contribution in [1.82, 2.24) is 0 Å². The van der Waals surface area contributed by atoms with E-state index >= 15 is 0 Å². The lowest BCUT2D eigenvalue weighted by Crippen LogP contribution is -2.29. The third-order valence-electron chi connectivity index (χ3n) is 4.94. The Morgan fingerprint density at radius 1 is 0.897 bits per heavy atom. The molecule has 0 saturated carbocycles. The van der Waals surface area contributed by atoms with E-state index in [2.05, 4.69) is 0 Å². The summed E-state index contributed by atoms with van der Waals surface area (Å²) in [4.78, 5) is 27.4. The zero-order valence-corrected chi connectivity index (χ0v) is 15.8. The quantitative estimate of drug-likeness (QED) is 0.413. The molecule has 1 heterocycles. The van der Waals surface area contributed by atoms with Crippen molar-refractivity contribution >= 4 is 23.1 Å². The number of aliphatic hydroxyl groups is 1. The Morgan fingerprint density at radius 2 is 1.55 bits per heavy atom. The molecule has 1 atom stereocenters. The number of Topliss-reactive ketones (excluding diaryl/α,β-unsaturated/α-hetero) is 1. The Hall–Kier alpha value is -3.86. The van der Waals surface area contributed by atoms with Crippen molar-refractivity contribution < 1.29 is 19.4 Å². The molecular formula is C24H19NO4. The van der Waals surface area contributed by atoms with Gasteiger partial charge in [0.15, 0.2) is 0 Å². The maximum Gasteiger partial charge on any atom is 0.300 e. The topological polar surface area (TPSA) is 66.8 Å². The van der Waals surface area contributed by atoms with Crippen LogP contribution in [0.5, 0.6) is 5.75 Å². The van der Waals surface area contributed by atoms with E-state index in [9.17, 15) is 14.7 Å². The molecular weight excluding hydrogens is 366 g/mol. The zero-order valence-electron chi connectivity index (χ0n) is 15.8. The van der Waals surface area contributed by atoms with E-state index in [4.69, 9.17) is 4.74 Å². The second-order valence-corrected chi connectivity index (χ2v) is 6.65. The van der Waals surface area contributed by atoms with Crippen molar-refractivity contribution in [3.63, 3.8) is 0 Å². The van der Waals surface area contributed by atoms with Gasteiger partial charge in [0.2, 0.25) is 0 Å². The number of amides is 1. The van der Waals surface area contributed by atoms with Crippen LogP contribution in [-0.4, -0.2) is 23.9 Å². The molecule has 1 aliphatic rings. The maximum absolute atomic E-state index is 13.0. The van der Waals surface area contributed by atoms with E-state index in [1.165, 1.54) is 12.0 Å². The van der Waals surface area contributed by atoms with Crippen molar-refractivity contribution in [3.8, 4) is 5.75 Å². The van der Waals surface area contributed by atoms with Crippen LogP contribution in [0.4, 0.5) is 5.69 Å². The van der Waals surface area contributed by atoms with Gasteiger partial charge in [-0.2, -0.15) is 0 Å². The number of ether oxygens (including phenoxy) is 1. The van der Waals surface area contributed by atoms with E-state index in [0.717, 1.165) is 5.56 Å². The number of hydrogen-bond acceptors (Lipinski definition) is 4. The average Bonchev–Trinajstić information content (AvgIpc) is 3.05. The molecule has 29 heavy (non-hydrogen) atoms. The highest BCUT2D eigenvalue weighted by molar-refractivity contribution is 6.51. The lowest BCUT2D eigenvalue weighted by atomic mass is 9.95. The largest absolute Gasteiger partial charge is 0.507 e. The number of aliphatic hydroxyl groups excluding tert-OH is 1. The van der Waals surface area contributed by atoms with Crippen molar-refractivity contribution in [2.75, 3.05) is 12.0 Å². The van der Waals surface area contributed by atoms with Crippen molar-refractivity contribution in [1.29, 1.82) is 0 Å². The fraction of sp³-hybridized carbons (Fsp3) is 0.0833. The third kappa shape index (κ3) is 3.27. The summed E-state index contributed by atoms with van der Waals surface area (Å²) in [6.45, 7) is 0. The Balaban J connectivity index is 1.94. The number of nitrogens with zero attached hydrogens (tertiary/aromatic N) is 1. The number of anilines is 1. The van der Waals surface area contributed by atoms with Crippen molar-refractivity contribution in [2.45, 2.75) is 6.04 Å². The Bertz CT molecular complexity index is 1090. The number of carbonyl (C=O) groups is 2. The highest BCUT2D eigenvalue weighted by atomic mass is 16.5. The number of carbonyl (C=O) groups excluding carboxylic acids is 2. The van der Waals surface area contributed by atoms with Gasteiger partial charge in [0.25, 0.3) is 11.7 Å². The van der Waals surface area contributed by atoms with E-state index in [0.29, 0.717) is 17.0 Å². The number of ketones is 1. The molecule has 1 aliphatic heterocycles. The second kappa shape index (κ2) is 7.64. The number of methoxy groups -OCH3 is 1. The van der Waals surface area contributed by atoms with Gasteiger partial charge in [-0.15, -0.1) is 0 Å². The standard InChI is InChI=1S/C24H19NO4/c1-29-19-14-8-13-18(15-19)25-21(16-9-4-2-5-10-16)20(23(27)24(25)28)22(26)17-11-6-3-7-12-17/h2-15,21,26H,1H3/t21-/m1/s1. The summed E-state index contributed by atoms with van der Waals surface area (Å²) in [7, 11) is 1.54. The molecule has 5 nitrogen and oxygen atoms in total. The summed E-state index contributed by atoms with van der Waals surface area (Å²) >= 11 is 0. The molecule has 0 unspecified atom stereocenters. The highest BCUT2D eigenvalue weighted by Gasteiger charge is 2.46. The molecule has 0 aliphatic carbocycles. The minimum atomic E-state index is -0.747. The molecule has 4 rings (SSSR count). The van der Waals surface area contributed by atoms with E-state index in [-0.39, 0.29) is 11.3 Å². The highest BCUT2D eigenvalue weighted by Crippen LogP contribution is 2.42. The third-order valence-corrected chi connectivity index (χ3v) is 4.94. The Labute approximate surface area is 168 Å².